The van der Waals surface area contributed by atoms with E-state index in [9.17, 15) is 22.8 Å². The molecule has 9 heteroatoms. The Morgan fingerprint density at radius 2 is 1.63 bits per heavy atom. The van der Waals surface area contributed by atoms with Crippen LogP contribution in [0.2, 0.25) is 0 Å². The number of nitrogens with one attached hydrogen (secondary N) is 2. The van der Waals surface area contributed by atoms with E-state index in [4.69, 9.17) is 4.42 Å². The van der Waals surface area contributed by atoms with Crippen molar-refractivity contribution in [2.24, 2.45) is 0 Å². The SMILES string of the molecule is O=C(Nc1c(C(=O)Nc2ccccc2F)oc2cccnc12)c1ccc(F)c(F)c1. The third-order valence-corrected chi connectivity index (χ3v) is 4.20. The van der Waals surface area contributed by atoms with Crippen LogP contribution >= 0.6 is 0 Å². The van der Waals surface area contributed by atoms with Gasteiger partial charge in [0, 0.05) is 11.8 Å². The van der Waals surface area contributed by atoms with E-state index < -0.39 is 29.3 Å². The first-order valence-corrected chi connectivity index (χ1v) is 8.64. The molecule has 0 unspecified atom stereocenters. The molecule has 0 saturated heterocycles. The van der Waals surface area contributed by atoms with Gasteiger partial charge in [-0.3, -0.25) is 14.6 Å². The van der Waals surface area contributed by atoms with Gasteiger partial charge in [-0.05, 0) is 42.5 Å². The minimum Gasteiger partial charge on any atom is -0.447 e. The van der Waals surface area contributed by atoms with Crippen LogP contribution in [0.15, 0.2) is 65.2 Å². The van der Waals surface area contributed by atoms with Gasteiger partial charge in [0.15, 0.2) is 17.2 Å². The van der Waals surface area contributed by atoms with Gasteiger partial charge < -0.3 is 15.1 Å². The summed E-state index contributed by atoms with van der Waals surface area (Å²) in [5.74, 6) is -4.95. The summed E-state index contributed by atoms with van der Waals surface area (Å²) >= 11 is 0. The van der Waals surface area contributed by atoms with E-state index >= 15 is 0 Å². The molecule has 2 aromatic carbocycles. The lowest BCUT2D eigenvalue weighted by molar-refractivity contribution is 0.0999. The molecule has 4 aromatic rings. The standard InChI is InChI=1S/C21H12F3N3O3/c22-12-8-7-11(10-14(12)24)20(28)27-18-17-16(6-3-9-25-17)30-19(18)21(29)26-15-5-2-1-4-13(15)23/h1-10H,(H,26,29)(H,27,28). The third-order valence-electron chi connectivity index (χ3n) is 4.20. The fourth-order valence-corrected chi connectivity index (χ4v) is 2.77. The predicted molar refractivity (Wildman–Crippen MR) is 103 cm³/mol. The Morgan fingerprint density at radius 3 is 2.40 bits per heavy atom. The molecule has 0 fully saturated rings. The second kappa shape index (κ2) is 7.70. The quantitative estimate of drug-likeness (QED) is 0.508. The van der Waals surface area contributed by atoms with Crippen molar-refractivity contribution >= 4 is 34.3 Å². The largest absolute Gasteiger partial charge is 0.447 e. The molecular formula is C21H12F3N3O3. The molecule has 4 rings (SSSR count). The number of furan rings is 1. The Hall–Kier alpha value is -4.14. The van der Waals surface area contributed by atoms with Crippen molar-refractivity contribution in [1.82, 2.24) is 4.98 Å². The molecule has 0 bridgehead atoms. The van der Waals surface area contributed by atoms with Crippen LogP contribution < -0.4 is 10.6 Å². The van der Waals surface area contributed by atoms with Crippen molar-refractivity contribution in [3.8, 4) is 0 Å². The van der Waals surface area contributed by atoms with E-state index in [-0.39, 0.29) is 33.8 Å². The molecule has 0 aliphatic carbocycles. The van der Waals surface area contributed by atoms with E-state index in [1.165, 1.54) is 36.5 Å². The number of carbonyl (C=O) groups excluding carboxylic acids is 2. The summed E-state index contributed by atoms with van der Waals surface area (Å²) in [7, 11) is 0. The average Bonchev–Trinajstić information content (AvgIpc) is 3.10. The van der Waals surface area contributed by atoms with Crippen molar-refractivity contribution < 1.29 is 27.2 Å². The van der Waals surface area contributed by atoms with Gasteiger partial charge in [0.2, 0.25) is 5.76 Å². The highest BCUT2D eigenvalue weighted by Gasteiger charge is 2.24. The lowest BCUT2D eigenvalue weighted by atomic mass is 10.2. The minimum absolute atomic E-state index is 0.0887. The van der Waals surface area contributed by atoms with Crippen LogP contribution in [-0.4, -0.2) is 16.8 Å². The summed E-state index contributed by atoms with van der Waals surface area (Å²) in [6, 6.07) is 11.2. The van der Waals surface area contributed by atoms with Gasteiger partial charge in [0.05, 0.1) is 5.69 Å². The van der Waals surface area contributed by atoms with Crippen molar-refractivity contribution in [2.75, 3.05) is 10.6 Å². The predicted octanol–water partition coefficient (Wildman–Crippen LogP) is 4.75. The molecule has 2 heterocycles. The molecule has 0 aliphatic rings. The Bertz CT molecular complexity index is 1290. The molecule has 0 radical (unpaired) electrons. The first-order valence-electron chi connectivity index (χ1n) is 8.64. The van der Waals surface area contributed by atoms with Gasteiger partial charge in [-0.1, -0.05) is 12.1 Å². The number of para-hydroxylation sites is 1. The van der Waals surface area contributed by atoms with Crippen LogP contribution in [-0.2, 0) is 0 Å². The van der Waals surface area contributed by atoms with Crippen LogP contribution in [0.3, 0.4) is 0 Å². The molecule has 0 atom stereocenters. The third kappa shape index (κ3) is 3.60. The summed E-state index contributed by atoms with van der Waals surface area (Å²) in [5.41, 5.74) is -0.00787. The van der Waals surface area contributed by atoms with Gasteiger partial charge in [0.1, 0.15) is 17.0 Å². The Labute approximate surface area is 167 Å². The van der Waals surface area contributed by atoms with E-state index in [1.807, 2.05) is 0 Å². The number of fused-ring (bicyclic) bond motifs is 1. The highest BCUT2D eigenvalue weighted by molar-refractivity contribution is 6.16. The van der Waals surface area contributed by atoms with E-state index in [0.717, 1.165) is 18.2 Å². The molecule has 2 aromatic heterocycles. The maximum absolute atomic E-state index is 13.9. The fraction of sp³-hybridized carbons (Fsp3) is 0. The number of anilines is 2. The van der Waals surface area contributed by atoms with Crippen LogP contribution in [0.5, 0.6) is 0 Å². The normalized spacial score (nSPS) is 10.8. The molecule has 30 heavy (non-hydrogen) atoms. The number of nitrogens with zero attached hydrogens (tertiary/aromatic N) is 1. The molecule has 2 N–H and O–H groups in total. The Kier molecular flexibility index (Phi) is 4.93. The summed E-state index contributed by atoms with van der Waals surface area (Å²) in [6.07, 6.45) is 1.42. The zero-order chi connectivity index (χ0) is 21.3. The molecule has 6 nitrogen and oxygen atoms in total. The summed E-state index contributed by atoms with van der Waals surface area (Å²) < 4.78 is 46.0. The number of hydrogen-bond acceptors (Lipinski definition) is 4. The van der Waals surface area contributed by atoms with Crippen LogP contribution in [0.25, 0.3) is 11.1 Å². The van der Waals surface area contributed by atoms with Crippen LogP contribution in [0, 0.1) is 17.5 Å². The number of pyridine rings is 1. The second-order valence-electron chi connectivity index (χ2n) is 6.17. The average molecular weight is 411 g/mol. The van der Waals surface area contributed by atoms with Gasteiger partial charge in [-0.25, -0.2) is 13.2 Å². The number of amides is 2. The number of benzene rings is 2. The number of halogens is 3. The number of aromatic nitrogens is 1. The molecule has 0 saturated carbocycles. The maximum atomic E-state index is 13.9. The maximum Gasteiger partial charge on any atom is 0.293 e. The smallest absolute Gasteiger partial charge is 0.293 e. The van der Waals surface area contributed by atoms with E-state index in [2.05, 4.69) is 15.6 Å². The first-order chi connectivity index (χ1) is 14.4. The lowest BCUT2D eigenvalue weighted by Gasteiger charge is -2.08. The lowest BCUT2D eigenvalue weighted by Crippen LogP contribution is -2.18. The first kappa shape index (κ1) is 19.2. The topological polar surface area (TPSA) is 84.2 Å². The monoisotopic (exact) mass is 411 g/mol. The molecule has 0 spiro atoms. The highest BCUT2D eigenvalue weighted by atomic mass is 19.2. The summed E-state index contributed by atoms with van der Waals surface area (Å²) in [5, 5.41) is 4.80. The number of carbonyl (C=O) groups is 2. The number of hydrogen-bond donors (Lipinski definition) is 2. The van der Waals surface area contributed by atoms with E-state index in [1.54, 1.807) is 6.07 Å². The van der Waals surface area contributed by atoms with E-state index in [0.29, 0.717) is 0 Å². The van der Waals surface area contributed by atoms with Gasteiger partial charge >= 0.3 is 0 Å². The van der Waals surface area contributed by atoms with Crippen molar-refractivity contribution in [3.05, 3.63) is 89.6 Å². The van der Waals surface area contributed by atoms with Gasteiger partial charge in [0.25, 0.3) is 11.8 Å². The highest BCUT2D eigenvalue weighted by Crippen LogP contribution is 2.30. The second-order valence-corrected chi connectivity index (χ2v) is 6.17. The molecule has 150 valence electrons. The van der Waals surface area contributed by atoms with Crippen molar-refractivity contribution in [1.29, 1.82) is 0 Å². The minimum atomic E-state index is -1.20. The van der Waals surface area contributed by atoms with Crippen LogP contribution in [0.4, 0.5) is 24.5 Å². The van der Waals surface area contributed by atoms with Crippen LogP contribution in [0.1, 0.15) is 20.9 Å². The van der Waals surface area contributed by atoms with Gasteiger partial charge in [-0.2, -0.15) is 0 Å². The zero-order valence-electron chi connectivity index (χ0n) is 15.1. The zero-order valence-corrected chi connectivity index (χ0v) is 15.1. The fourth-order valence-electron chi connectivity index (χ4n) is 2.77. The summed E-state index contributed by atoms with van der Waals surface area (Å²) in [4.78, 5) is 29.3. The molecule has 0 aliphatic heterocycles. The van der Waals surface area contributed by atoms with Crippen molar-refractivity contribution in [2.45, 2.75) is 0 Å². The Morgan fingerprint density at radius 1 is 0.833 bits per heavy atom. The van der Waals surface area contributed by atoms with Crippen molar-refractivity contribution in [3.63, 3.8) is 0 Å². The number of rotatable bonds is 4. The molecular weight excluding hydrogens is 399 g/mol. The van der Waals surface area contributed by atoms with Gasteiger partial charge in [-0.15, -0.1) is 0 Å². The molecule has 2 amide bonds. The summed E-state index contributed by atoms with van der Waals surface area (Å²) in [6.45, 7) is 0. The Balaban J connectivity index is 1.71.